The average molecular weight is 275 g/mol. The van der Waals surface area contributed by atoms with E-state index in [2.05, 4.69) is 5.32 Å². The van der Waals surface area contributed by atoms with E-state index in [1.54, 1.807) is 26.4 Å². The molecular formula is C15H17NO4. The summed E-state index contributed by atoms with van der Waals surface area (Å²) >= 11 is 0. The van der Waals surface area contributed by atoms with Gasteiger partial charge in [0.1, 0.15) is 0 Å². The Morgan fingerprint density at radius 2 is 1.95 bits per heavy atom. The largest absolute Gasteiger partial charge is 0.459 e. The number of hydrogen-bond donors (Lipinski definition) is 1. The molecule has 0 saturated carbocycles. The fraction of sp³-hybridized carbons (Fsp3) is 0.267. The number of hydrogen-bond acceptors (Lipinski definition) is 4. The number of ether oxygens (including phenoxy) is 2. The van der Waals surface area contributed by atoms with Crippen LogP contribution >= 0.6 is 0 Å². The lowest BCUT2D eigenvalue weighted by Crippen LogP contribution is -2.18. The van der Waals surface area contributed by atoms with Gasteiger partial charge in [0, 0.05) is 26.3 Å². The zero-order chi connectivity index (χ0) is 14.4. The average Bonchev–Trinajstić information content (AvgIpc) is 3.00. The lowest BCUT2D eigenvalue weighted by atomic mass is 10.1. The molecule has 1 aromatic carbocycles. The van der Waals surface area contributed by atoms with Crippen LogP contribution in [0.1, 0.15) is 16.1 Å². The summed E-state index contributed by atoms with van der Waals surface area (Å²) in [5, 5.41) is 2.82. The van der Waals surface area contributed by atoms with E-state index in [-0.39, 0.29) is 18.0 Å². The van der Waals surface area contributed by atoms with Gasteiger partial charge in [-0.1, -0.05) is 18.2 Å². The van der Waals surface area contributed by atoms with Gasteiger partial charge in [-0.25, -0.2) is 0 Å². The Kier molecular flexibility index (Phi) is 4.92. The summed E-state index contributed by atoms with van der Waals surface area (Å²) in [6.07, 6.45) is 1.66. The van der Waals surface area contributed by atoms with E-state index < -0.39 is 0 Å². The molecule has 1 amide bonds. The zero-order valence-electron chi connectivity index (χ0n) is 11.5. The zero-order valence-corrected chi connectivity index (χ0v) is 11.5. The van der Waals surface area contributed by atoms with Gasteiger partial charge in [0.05, 0.1) is 6.26 Å². The standard InChI is InChI=1S/C15H17NO4/c1-18-14(19-2)10-11-6-3-4-7-12(11)16-15(17)13-8-5-9-20-13/h3-9,14H,10H2,1-2H3,(H,16,17). The van der Waals surface area contributed by atoms with Crippen molar-refractivity contribution in [1.82, 2.24) is 0 Å². The number of rotatable bonds is 6. The Hall–Kier alpha value is -2.11. The van der Waals surface area contributed by atoms with Crippen molar-refractivity contribution in [2.45, 2.75) is 12.7 Å². The molecule has 0 saturated heterocycles. The van der Waals surface area contributed by atoms with Gasteiger partial charge < -0.3 is 19.2 Å². The van der Waals surface area contributed by atoms with Gasteiger partial charge in [0.25, 0.3) is 5.91 Å². The van der Waals surface area contributed by atoms with E-state index in [1.807, 2.05) is 24.3 Å². The molecule has 2 rings (SSSR count). The number of para-hydroxylation sites is 1. The lowest BCUT2D eigenvalue weighted by molar-refractivity contribution is -0.100. The molecule has 106 valence electrons. The number of furan rings is 1. The molecule has 0 spiro atoms. The van der Waals surface area contributed by atoms with Crippen LogP contribution in [0, 0.1) is 0 Å². The molecule has 20 heavy (non-hydrogen) atoms. The first-order valence-electron chi connectivity index (χ1n) is 6.23. The molecule has 5 heteroatoms. The highest BCUT2D eigenvalue weighted by atomic mass is 16.7. The maximum atomic E-state index is 12.0. The molecule has 0 fully saturated rings. The minimum absolute atomic E-state index is 0.273. The maximum Gasteiger partial charge on any atom is 0.291 e. The molecule has 0 bridgehead atoms. The number of anilines is 1. The van der Waals surface area contributed by atoms with Gasteiger partial charge >= 0.3 is 0 Å². The van der Waals surface area contributed by atoms with Crippen molar-refractivity contribution >= 4 is 11.6 Å². The van der Waals surface area contributed by atoms with Crippen LogP contribution in [-0.2, 0) is 15.9 Å². The second-order valence-corrected chi connectivity index (χ2v) is 4.19. The van der Waals surface area contributed by atoms with Crippen molar-refractivity contribution in [3.8, 4) is 0 Å². The van der Waals surface area contributed by atoms with E-state index >= 15 is 0 Å². The number of benzene rings is 1. The predicted octanol–water partition coefficient (Wildman–Crippen LogP) is 2.69. The molecule has 0 aliphatic rings. The number of methoxy groups -OCH3 is 2. The monoisotopic (exact) mass is 275 g/mol. The summed E-state index contributed by atoms with van der Waals surface area (Å²) in [6, 6.07) is 10.8. The molecule has 1 aromatic heterocycles. The molecule has 0 aliphatic heterocycles. The predicted molar refractivity (Wildman–Crippen MR) is 74.6 cm³/mol. The first-order chi connectivity index (χ1) is 9.74. The Bertz CT molecular complexity index is 547. The van der Waals surface area contributed by atoms with Crippen molar-refractivity contribution in [2.24, 2.45) is 0 Å². The number of carbonyl (C=O) groups is 1. The van der Waals surface area contributed by atoms with Gasteiger partial charge in [-0.2, -0.15) is 0 Å². The van der Waals surface area contributed by atoms with Crippen LogP contribution in [0.15, 0.2) is 47.1 Å². The van der Waals surface area contributed by atoms with E-state index in [4.69, 9.17) is 13.9 Å². The van der Waals surface area contributed by atoms with E-state index in [9.17, 15) is 4.79 Å². The summed E-state index contributed by atoms with van der Waals surface area (Å²) in [5.41, 5.74) is 1.65. The van der Waals surface area contributed by atoms with Crippen molar-refractivity contribution in [3.63, 3.8) is 0 Å². The van der Waals surface area contributed by atoms with Crippen LogP contribution in [0.3, 0.4) is 0 Å². The first-order valence-corrected chi connectivity index (χ1v) is 6.23. The molecule has 1 heterocycles. The summed E-state index contributed by atoms with van der Waals surface area (Å²) in [5.74, 6) is -0.0105. The van der Waals surface area contributed by atoms with E-state index in [0.717, 1.165) is 5.56 Å². The van der Waals surface area contributed by atoms with Crippen molar-refractivity contribution in [2.75, 3.05) is 19.5 Å². The Labute approximate surface area is 117 Å². The quantitative estimate of drug-likeness (QED) is 0.823. The number of carbonyl (C=O) groups excluding carboxylic acids is 1. The third kappa shape index (κ3) is 3.46. The summed E-state index contributed by atoms with van der Waals surface area (Å²) in [4.78, 5) is 12.0. The molecule has 0 unspecified atom stereocenters. The SMILES string of the molecule is COC(Cc1ccccc1NC(=O)c1ccco1)OC. The molecule has 2 aromatic rings. The van der Waals surface area contributed by atoms with Crippen LogP contribution in [0.25, 0.3) is 0 Å². The third-order valence-electron chi connectivity index (χ3n) is 2.92. The minimum Gasteiger partial charge on any atom is -0.459 e. The fourth-order valence-corrected chi connectivity index (χ4v) is 1.85. The van der Waals surface area contributed by atoms with Crippen molar-refractivity contribution in [3.05, 3.63) is 54.0 Å². The Balaban J connectivity index is 2.13. The number of nitrogens with one attached hydrogen (secondary N) is 1. The molecule has 5 nitrogen and oxygen atoms in total. The first kappa shape index (κ1) is 14.3. The molecular weight excluding hydrogens is 258 g/mol. The van der Waals surface area contributed by atoms with Crippen LogP contribution in [0.2, 0.25) is 0 Å². The van der Waals surface area contributed by atoms with Gasteiger partial charge in [-0.15, -0.1) is 0 Å². The highest BCUT2D eigenvalue weighted by Crippen LogP contribution is 2.19. The highest BCUT2D eigenvalue weighted by molar-refractivity contribution is 6.02. The summed E-state index contributed by atoms with van der Waals surface area (Å²) in [6.45, 7) is 0. The molecule has 0 radical (unpaired) electrons. The Morgan fingerprint density at radius 3 is 2.60 bits per heavy atom. The van der Waals surface area contributed by atoms with Crippen molar-refractivity contribution < 1.29 is 18.7 Å². The molecule has 0 aliphatic carbocycles. The van der Waals surface area contributed by atoms with Crippen LogP contribution < -0.4 is 5.32 Å². The smallest absolute Gasteiger partial charge is 0.291 e. The lowest BCUT2D eigenvalue weighted by Gasteiger charge is -2.16. The molecule has 0 atom stereocenters. The fourth-order valence-electron chi connectivity index (χ4n) is 1.85. The highest BCUT2D eigenvalue weighted by Gasteiger charge is 2.14. The minimum atomic E-state index is -0.350. The summed E-state index contributed by atoms with van der Waals surface area (Å²) < 4.78 is 15.4. The maximum absolute atomic E-state index is 12.0. The van der Waals surface area contributed by atoms with Crippen LogP contribution in [0.5, 0.6) is 0 Å². The summed E-state index contributed by atoms with van der Waals surface area (Å²) in [7, 11) is 3.16. The normalized spacial score (nSPS) is 10.8. The van der Waals surface area contributed by atoms with Crippen molar-refractivity contribution in [1.29, 1.82) is 0 Å². The third-order valence-corrected chi connectivity index (χ3v) is 2.92. The van der Waals surface area contributed by atoms with Gasteiger partial charge in [0.15, 0.2) is 12.1 Å². The van der Waals surface area contributed by atoms with E-state index in [0.29, 0.717) is 12.1 Å². The second-order valence-electron chi connectivity index (χ2n) is 4.19. The number of amides is 1. The topological polar surface area (TPSA) is 60.7 Å². The Morgan fingerprint density at radius 1 is 1.20 bits per heavy atom. The second kappa shape index (κ2) is 6.88. The van der Waals surface area contributed by atoms with Crippen LogP contribution in [-0.4, -0.2) is 26.4 Å². The van der Waals surface area contributed by atoms with Gasteiger partial charge in [-0.05, 0) is 23.8 Å². The van der Waals surface area contributed by atoms with Crippen LogP contribution in [0.4, 0.5) is 5.69 Å². The molecule has 1 N–H and O–H groups in total. The van der Waals surface area contributed by atoms with E-state index in [1.165, 1.54) is 6.26 Å². The van der Waals surface area contributed by atoms with Gasteiger partial charge in [0.2, 0.25) is 0 Å². The van der Waals surface area contributed by atoms with Gasteiger partial charge in [-0.3, -0.25) is 4.79 Å².